The number of carboxylic acid groups (broad SMARTS) is 1. The Bertz CT molecular complexity index is 1200. The number of aliphatic carboxylic acids is 1. The number of fused-ring (bicyclic) bond motifs is 3. The summed E-state index contributed by atoms with van der Waals surface area (Å²) in [5.41, 5.74) is 3.21. The highest BCUT2D eigenvalue weighted by atomic mass is 32.1. The Morgan fingerprint density at radius 1 is 1.09 bits per heavy atom. The number of carbonyl (C=O) groups is 3. The molecule has 8 nitrogen and oxygen atoms in total. The summed E-state index contributed by atoms with van der Waals surface area (Å²) in [6.45, 7) is 3.44. The van der Waals surface area contributed by atoms with E-state index in [4.69, 9.17) is 4.74 Å². The average molecular weight is 480 g/mol. The monoisotopic (exact) mass is 479 g/mol. The third kappa shape index (κ3) is 4.65. The van der Waals surface area contributed by atoms with Crippen molar-refractivity contribution in [1.29, 1.82) is 0 Å². The summed E-state index contributed by atoms with van der Waals surface area (Å²) in [6, 6.07) is 16.2. The summed E-state index contributed by atoms with van der Waals surface area (Å²) in [6.07, 6.45) is 1.03. The van der Waals surface area contributed by atoms with Crippen LogP contribution in [0.1, 0.15) is 52.0 Å². The van der Waals surface area contributed by atoms with Crippen LogP contribution in [0, 0.1) is 0 Å². The second kappa shape index (κ2) is 9.64. The molecule has 3 N–H and O–H groups in total. The number of ether oxygens (including phenoxy) is 1. The number of thiazole rings is 1. The molecule has 0 fully saturated rings. The zero-order valence-electron chi connectivity index (χ0n) is 18.8. The minimum atomic E-state index is -1.36. The van der Waals surface area contributed by atoms with Crippen LogP contribution in [0.3, 0.4) is 0 Å². The molecule has 3 aromatic rings. The van der Waals surface area contributed by atoms with E-state index in [1.807, 2.05) is 24.3 Å². The molecular weight excluding hydrogens is 454 g/mol. The summed E-state index contributed by atoms with van der Waals surface area (Å²) in [7, 11) is 0. The van der Waals surface area contributed by atoms with Gasteiger partial charge in [0, 0.05) is 5.92 Å². The Morgan fingerprint density at radius 3 is 2.29 bits per heavy atom. The minimum absolute atomic E-state index is 0.0320. The van der Waals surface area contributed by atoms with Crippen molar-refractivity contribution in [2.45, 2.75) is 38.3 Å². The van der Waals surface area contributed by atoms with E-state index < -0.39 is 23.5 Å². The predicted octanol–water partition coefficient (Wildman–Crippen LogP) is 4.16. The normalized spacial score (nSPS) is 13.9. The first-order chi connectivity index (χ1) is 16.3. The van der Waals surface area contributed by atoms with Crippen molar-refractivity contribution in [2.75, 3.05) is 6.61 Å². The molecule has 1 atom stereocenters. The summed E-state index contributed by atoms with van der Waals surface area (Å²) in [5.74, 6) is -1.66. The van der Waals surface area contributed by atoms with E-state index in [2.05, 4.69) is 39.9 Å². The number of hydrogen-bond donors (Lipinski definition) is 3. The van der Waals surface area contributed by atoms with Gasteiger partial charge in [0.05, 0.1) is 12.7 Å². The molecule has 34 heavy (non-hydrogen) atoms. The number of carboxylic acids is 1. The van der Waals surface area contributed by atoms with Crippen molar-refractivity contribution < 1.29 is 24.2 Å². The van der Waals surface area contributed by atoms with E-state index in [9.17, 15) is 19.5 Å². The van der Waals surface area contributed by atoms with E-state index in [0.717, 1.165) is 33.6 Å². The van der Waals surface area contributed by atoms with Crippen molar-refractivity contribution >= 4 is 29.3 Å². The van der Waals surface area contributed by atoms with Gasteiger partial charge in [0.2, 0.25) is 0 Å². The molecule has 0 aliphatic heterocycles. The first kappa shape index (κ1) is 23.4. The topological polar surface area (TPSA) is 118 Å². The largest absolute Gasteiger partial charge is 0.480 e. The number of nitrogens with zero attached hydrogens (tertiary/aromatic N) is 1. The molecule has 2 amide bonds. The summed E-state index contributed by atoms with van der Waals surface area (Å²) in [5, 5.41) is 15.0. The average Bonchev–Trinajstić information content (AvgIpc) is 3.44. The molecule has 0 saturated heterocycles. The molecule has 9 heteroatoms. The summed E-state index contributed by atoms with van der Waals surface area (Å²) in [4.78, 5) is 40.6. The van der Waals surface area contributed by atoms with Crippen LogP contribution in [-0.2, 0) is 16.1 Å². The zero-order valence-corrected chi connectivity index (χ0v) is 19.6. The van der Waals surface area contributed by atoms with E-state index in [1.165, 1.54) is 13.1 Å². The van der Waals surface area contributed by atoms with Crippen LogP contribution in [0.15, 0.2) is 54.7 Å². The summed E-state index contributed by atoms with van der Waals surface area (Å²) >= 11 is 1.08. The van der Waals surface area contributed by atoms with Gasteiger partial charge in [-0.15, -0.1) is 11.3 Å². The number of hydrogen-bond acceptors (Lipinski definition) is 6. The van der Waals surface area contributed by atoms with Crippen LogP contribution in [-0.4, -0.2) is 40.2 Å². The molecule has 176 valence electrons. The van der Waals surface area contributed by atoms with Crippen LogP contribution < -0.4 is 10.6 Å². The Morgan fingerprint density at radius 2 is 1.71 bits per heavy atom. The molecule has 0 bridgehead atoms. The van der Waals surface area contributed by atoms with Crippen LogP contribution >= 0.6 is 11.3 Å². The van der Waals surface area contributed by atoms with Crippen molar-refractivity contribution in [3.63, 3.8) is 0 Å². The van der Waals surface area contributed by atoms with Gasteiger partial charge in [0.15, 0.2) is 0 Å². The van der Waals surface area contributed by atoms with Crippen molar-refractivity contribution in [3.8, 4) is 11.1 Å². The van der Waals surface area contributed by atoms with Crippen LogP contribution in [0.4, 0.5) is 4.79 Å². The highest BCUT2D eigenvalue weighted by Gasteiger charge is 2.33. The number of carbonyl (C=O) groups excluding carboxylic acids is 2. The standard InChI is InChI=1S/C25H25N3O5S/c1-3-25(2,23(30)31)28-22(29)20-12-26-21(34-20)13-27-24(32)33-14-19-17-10-6-4-8-15(17)16-9-5-7-11-18(16)19/h4-12,19H,3,13-14H2,1-2H3,(H,27,32)(H,28,29)(H,30,31). The molecule has 0 radical (unpaired) electrons. The van der Waals surface area contributed by atoms with E-state index in [1.54, 1.807) is 6.92 Å². The number of alkyl carbamates (subject to hydrolysis) is 1. The lowest BCUT2D eigenvalue weighted by atomic mass is 9.98. The van der Waals surface area contributed by atoms with Gasteiger partial charge in [-0.1, -0.05) is 55.5 Å². The Labute approximate surface area is 201 Å². The Balaban J connectivity index is 1.32. The van der Waals surface area contributed by atoms with Gasteiger partial charge in [0.1, 0.15) is 22.0 Å². The van der Waals surface area contributed by atoms with Gasteiger partial charge >= 0.3 is 12.1 Å². The second-order valence-electron chi connectivity index (χ2n) is 8.24. The molecule has 1 unspecified atom stereocenters. The maximum absolute atomic E-state index is 12.4. The van der Waals surface area contributed by atoms with Gasteiger partial charge in [-0.3, -0.25) is 4.79 Å². The number of benzene rings is 2. The van der Waals surface area contributed by atoms with E-state index >= 15 is 0 Å². The molecule has 1 aliphatic carbocycles. The van der Waals surface area contributed by atoms with Crippen LogP contribution in [0.5, 0.6) is 0 Å². The fourth-order valence-electron chi connectivity index (χ4n) is 3.90. The van der Waals surface area contributed by atoms with E-state index in [-0.39, 0.29) is 30.4 Å². The molecule has 2 aromatic carbocycles. The van der Waals surface area contributed by atoms with Gasteiger partial charge in [-0.05, 0) is 35.6 Å². The third-order valence-corrected chi connectivity index (χ3v) is 7.07. The maximum Gasteiger partial charge on any atom is 0.407 e. The van der Waals surface area contributed by atoms with Gasteiger partial charge in [-0.2, -0.15) is 0 Å². The molecule has 1 heterocycles. The van der Waals surface area contributed by atoms with E-state index in [0.29, 0.717) is 5.01 Å². The van der Waals surface area contributed by atoms with Gasteiger partial charge < -0.3 is 20.5 Å². The quantitative estimate of drug-likeness (QED) is 0.446. The fourth-order valence-corrected chi connectivity index (χ4v) is 4.65. The third-order valence-electron chi connectivity index (χ3n) is 6.07. The fraction of sp³-hybridized carbons (Fsp3) is 0.280. The van der Waals surface area contributed by atoms with Gasteiger partial charge in [-0.25, -0.2) is 14.6 Å². The van der Waals surface area contributed by atoms with Crippen molar-refractivity contribution in [3.05, 3.63) is 75.7 Å². The molecule has 1 aliphatic rings. The van der Waals surface area contributed by atoms with Crippen LogP contribution in [0.2, 0.25) is 0 Å². The number of rotatable bonds is 8. The molecule has 0 spiro atoms. The van der Waals surface area contributed by atoms with Crippen molar-refractivity contribution in [2.24, 2.45) is 0 Å². The lowest BCUT2D eigenvalue weighted by Crippen LogP contribution is -2.51. The SMILES string of the molecule is CCC(C)(NC(=O)c1cnc(CNC(=O)OCC2c3ccccc3-c3ccccc32)s1)C(=O)O. The first-order valence-electron chi connectivity index (χ1n) is 10.9. The predicted molar refractivity (Wildman–Crippen MR) is 128 cm³/mol. The first-order valence-corrected chi connectivity index (χ1v) is 11.7. The zero-order chi connectivity index (χ0) is 24.3. The molecule has 1 aromatic heterocycles. The summed E-state index contributed by atoms with van der Waals surface area (Å²) < 4.78 is 5.50. The smallest absolute Gasteiger partial charge is 0.407 e. The number of amides is 2. The Hall–Kier alpha value is -3.72. The lowest BCUT2D eigenvalue weighted by molar-refractivity contribution is -0.143. The highest BCUT2D eigenvalue weighted by Crippen LogP contribution is 2.44. The minimum Gasteiger partial charge on any atom is -0.480 e. The van der Waals surface area contributed by atoms with Crippen molar-refractivity contribution in [1.82, 2.24) is 15.6 Å². The Kier molecular flexibility index (Phi) is 6.65. The maximum atomic E-state index is 12.4. The van der Waals surface area contributed by atoms with Gasteiger partial charge in [0.25, 0.3) is 5.91 Å². The molecular formula is C25H25N3O5S. The van der Waals surface area contributed by atoms with Crippen LogP contribution in [0.25, 0.3) is 11.1 Å². The number of nitrogens with one attached hydrogen (secondary N) is 2. The molecule has 4 rings (SSSR count). The molecule has 0 saturated carbocycles. The highest BCUT2D eigenvalue weighted by molar-refractivity contribution is 7.13. The lowest BCUT2D eigenvalue weighted by Gasteiger charge is -2.23. The second-order valence-corrected chi connectivity index (χ2v) is 9.36. The number of aromatic nitrogens is 1.